The second kappa shape index (κ2) is 9.64. The van der Waals surface area contributed by atoms with Gasteiger partial charge in [0.2, 0.25) is 0 Å². The lowest BCUT2D eigenvalue weighted by Gasteiger charge is -2.17. The molecule has 0 atom stereocenters. The van der Waals surface area contributed by atoms with Gasteiger partial charge >= 0.3 is 0 Å². The number of halogens is 1. The minimum Gasteiger partial charge on any atom is -0.354 e. The summed E-state index contributed by atoms with van der Waals surface area (Å²) in [6.45, 7) is 0. The number of pyridine rings is 2. The minimum absolute atomic E-state index is 0.124. The highest BCUT2D eigenvalue weighted by Crippen LogP contribution is 2.31. The lowest BCUT2D eigenvalue weighted by atomic mass is 9.99. The highest BCUT2D eigenvalue weighted by atomic mass is 19.1. The van der Waals surface area contributed by atoms with Crippen molar-refractivity contribution in [3.05, 3.63) is 160 Å². The molecular weight excluding hydrogens is 535 g/mol. The Morgan fingerprint density at radius 2 is 1.02 bits per heavy atom. The van der Waals surface area contributed by atoms with E-state index >= 15 is 0 Å². The van der Waals surface area contributed by atoms with E-state index in [0.717, 1.165) is 22.3 Å². The Hall–Kier alpha value is -5.81. The van der Waals surface area contributed by atoms with Gasteiger partial charge in [0.05, 0.1) is 16.6 Å². The smallest absolute Gasteiger partial charge is 0.197 e. The Balaban J connectivity index is 1.47. The van der Waals surface area contributed by atoms with Crippen LogP contribution in [-0.4, -0.2) is 9.55 Å². The molecule has 204 valence electrons. The van der Waals surface area contributed by atoms with Crippen molar-refractivity contribution in [2.75, 3.05) is 0 Å². The molecule has 2 aromatic heterocycles. The normalized spacial score (nSPS) is 11.6. The molecule has 8 rings (SSSR count). The van der Waals surface area contributed by atoms with Gasteiger partial charge in [-0.2, -0.15) is 0 Å². The van der Waals surface area contributed by atoms with E-state index in [1.54, 1.807) is 24.3 Å². The summed E-state index contributed by atoms with van der Waals surface area (Å²) in [4.78, 5) is 31.5. The van der Waals surface area contributed by atoms with Crippen LogP contribution in [0.5, 0.6) is 0 Å². The lowest BCUT2D eigenvalue weighted by Crippen LogP contribution is -2.12. The van der Waals surface area contributed by atoms with E-state index in [0.29, 0.717) is 49.3 Å². The highest BCUT2D eigenvalue weighted by Gasteiger charge is 2.17. The number of hydrogen-bond acceptors (Lipinski definition) is 2. The first kappa shape index (κ1) is 24.9. The van der Waals surface area contributed by atoms with Crippen LogP contribution in [0.1, 0.15) is 0 Å². The van der Waals surface area contributed by atoms with E-state index in [4.69, 9.17) is 0 Å². The standard InChI is InChI=1S/C38H23FN2O2/c39-27-13-15-28(16-14-27)41-35-18-12-26(24-9-5-2-6-10-24)20-31(35)38(43)32-21-34-30(22-36(32)41)37(42)29-19-25(11-17-33(29)40-34)23-7-3-1-4-8-23/h1-22H,(H,40,42). The maximum Gasteiger partial charge on any atom is 0.197 e. The highest BCUT2D eigenvalue weighted by molar-refractivity contribution is 6.05. The van der Waals surface area contributed by atoms with Gasteiger partial charge in [-0.3, -0.25) is 9.59 Å². The zero-order chi connectivity index (χ0) is 29.1. The molecule has 0 saturated heterocycles. The SMILES string of the molecule is O=c1c2cc(-c3ccccc3)ccc2[nH]c2cc3c(=O)c4cc(-c5ccccc5)ccc4n(-c4ccc(F)cc4)c3cc12. The number of rotatable bonds is 3. The van der Waals surface area contributed by atoms with Gasteiger partial charge < -0.3 is 9.55 Å². The first-order valence-corrected chi connectivity index (χ1v) is 14.0. The largest absolute Gasteiger partial charge is 0.354 e. The Bertz CT molecular complexity index is 2480. The van der Waals surface area contributed by atoms with E-state index in [2.05, 4.69) is 4.98 Å². The zero-order valence-electron chi connectivity index (χ0n) is 22.8. The molecule has 0 unspecified atom stereocenters. The summed E-state index contributed by atoms with van der Waals surface area (Å²) in [5.41, 5.74) is 6.85. The van der Waals surface area contributed by atoms with Crippen LogP contribution in [0.4, 0.5) is 4.39 Å². The van der Waals surface area contributed by atoms with Crippen molar-refractivity contribution in [2.45, 2.75) is 0 Å². The predicted octanol–water partition coefficient (Wildman–Crippen LogP) is 8.61. The van der Waals surface area contributed by atoms with Gasteiger partial charge in [-0.15, -0.1) is 0 Å². The van der Waals surface area contributed by atoms with Gasteiger partial charge in [0.25, 0.3) is 0 Å². The fraction of sp³-hybridized carbons (Fsp3) is 0. The maximum atomic E-state index is 14.1. The fourth-order valence-electron chi connectivity index (χ4n) is 6.05. The Morgan fingerprint density at radius 3 is 1.70 bits per heavy atom. The van der Waals surface area contributed by atoms with Gasteiger partial charge in [-0.05, 0) is 82.9 Å². The molecule has 1 N–H and O–H groups in total. The molecule has 0 spiro atoms. The van der Waals surface area contributed by atoms with E-state index in [9.17, 15) is 14.0 Å². The van der Waals surface area contributed by atoms with Crippen molar-refractivity contribution in [2.24, 2.45) is 0 Å². The van der Waals surface area contributed by atoms with Gasteiger partial charge in [-0.1, -0.05) is 72.8 Å². The maximum absolute atomic E-state index is 14.1. The number of hydrogen-bond donors (Lipinski definition) is 1. The molecule has 0 aliphatic heterocycles. The quantitative estimate of drug-likeness (QED) is 0.221. The summed E-state index contributed by atoms with van der Waals surface area (Å²) in [6, 6.07) is 41.2. The van der Waals surface area contributed by atoms with Crippen molar-refractivity contribution < 1.29 is 4.39 Å². The van der Waals surface area contributed by atoms with Crippen molar-refractivity contribution in [1.82, 2.24) is 9.55 Å². The number of nitrogens with zero attached hydrogens (tertiary/aromatic N) is 1. The third-order valence-corrected chi connectivity index (χ3v) is 8.18. The van der Waals surface area contributed by atoms with E-state index in [-0.39, 0.29) is 16.7 Å². The van der Waals surface area contributed by atoms with Crippen molar-refractivity contribution in [3.63, 3.8) is 0 Å². The number of fused-ring (bicyclic) bond motifs is 4. The Kier molecular flexibility index (Phi) is 5.59. The summed E-state index contributed by atoms with van der Waals surface area (Å²) in [5.74, 6) is -0.354. The summed E-state index contributed by atoms with van der Waals surface area (Å²) in [6.07, 6.45) is 0. The Labute approximate surface area is 244 Å². The van der Waals surface area contributed by atoms with Crippen LogP contribution in [0.2, 0.25) is 0 Å². The van der Waals surface area contributed by atoms with Gasteiger partial charge in [0.1, 0.15) is 5.82 Å². The van der Waals surface area contributed by atoms with Crippen molar-refractivity contribution in [3.8, 4) is 27.9 Å². The molecule has 5 heteroatoms. The molecule has 0 aliphatic carbocycles. The van der Waals surface area contributed by atoms with Crippen LogP contribution in [0.15, 0.2) is 143 Å². The summed E-state index contributed by atoms with van der Waals surface area (Å²) in [5, 5.41) is 2.04. The summed E-state index contributed by atoms with van der Waals surface area (Å²) >= 11 is 0. The molecule has 43 heavy (non-hydrogen) atoms. The minimum atomic E-state index is -0.354. The van der Waals surface area contributed by atoms with Crippen LogP contribution in [0, 0.1) is 5.82 Å². The monoisotopic (exact) mass is 558 g/mol. The molecule has 0 bridgehead atoms. The van der Waals surface area contributed by atoms with E-state index in [1.807, 2.05) is 102 Å². The average Bonchev–Trinajstić information content (AvgIpc) is 3.06. The molecule has 6 aromatic carbocycles. The van der Waals surface area contributed by atoms with Gasteiger partial charge in [0.15, 0.2) is 10.9 Å². The van der Waals surface area contributed by atoms with Gasteiger partial charge in [0, 0.05) is 32.7 Å². The molecule has 8 aromatic rings. The Morgan fingerprint density at radius 1 is 0.465 bits per heavy atom. The third-order valence-electron chi connectivity index (χ3n) is 8.18. The molecular formula is C38H23FN2O2. The molecule has 0 radical (unpaired) electrons. The van der Waals surface area contributed by atoms with Crippen molar-refractivity contribution >= 4 is 43.6 Å². The molecule has 0 amide bonds. The predicted molar refractivity (Wildman–Crippen MR) is 174 cm³/mol. The topological polar surface area (TPSA) is 54.9 Å². The van der Waals surface area contributed by atoms with Crippen LogP contribution in [0.3, 0.4) is 0 Å². The van der Waals surface area contributed by atoms with Crippen LogP contribution < -0.4 is 10.9 Å². The van der Waals surface area contributed by atoms with Crippen LogP contribution >= 0.6 is 0 Å². The van der Waals surface area contributed by atoms with Crippen LogP contribution in [-0.2, 0) is 0 Å². The lowest BCUT2D eigenvalue weighted by molar-refractivity contribution is 0.627. The van der Waals surface area contributed by atoms with Gasteiger partial charge in [-0.25, -0.2) is 4.39 Å². The number of benzene rings is 6. The zero-order valence-corrected chi connectivity index (χ0v) is 22.8. The number of aromatic amines is 1. The van der Waals surface area contributed by atoms with E-state index < -0.39 is 0 Å². The third kappa shape index (κ3) is 4.05. The number of nitrogens with one attached hydrogen (secondary N) is 1. The molecule has 4 nitrogen and oxygen atoms in total. The fourth-order valence-corrected chi connectivity index (χ4v) is 6.05. The summed E-state index contributed by atoms with van der Waals surface area (Å²) in [7, 11) is 0. The van der Waals surface area contributed by atoms with Crippen LogP contribution in [0.25, 0.3) is 71.6 Å². The second-order valence-electron chi connectivity index (χ2n) is 10.7. The first-order valence-electron chi connectivity index (χ1n) is 14.0. The average molecular weight is 559 g/mol. The van der Waals surface area contributed by atoms with E-state index in [1.165, 1.54) is 12.1 Å². The van der Waals surface area contributed by atoms with Crippen molar-refractivity contribution in [1.29, 1.82) is 0 Å². The second-order valence-corrected chi connectivity index (χ2v) is 10.7. The molecule has 0 aliphatic rings. The molecule has 0 saturated carbocycles. The molecule has 0 fully saturated rings. The summed E-state index contributed by atoms with van der Waals surface area (Å²) < 4.78 is 15.9. The number of aromatic nitrogens is 2. The molecule has 2 heterocycles. The first-order chi connectivity index (χ1) is 21.0. The number of H-pyrrole nitrogens is 1.